The number of hydrogen-bond acceptors (Lipinski definition) is 4. The van der Waals surface area contributed by atoms with Crippen LogP contribution in [0.3, 0.4) is 0 Å². The molecule has 2 aromatic heterocycles. The fourth-order valence-electron chi connectivity index (χ4n) is 1.02. The van der Waals surface area contributed by atoms with Crippen molar-refractivity contribution < 1.29 is 0 Å². The predicted molar refractivity (Wildman–Crippen MR) is 58.2 cm³/mol. The Morgan fingerprint density at radius 2 is 2.00 bits per heavy atom. The summed E-state index contributed by atoms with van der Waals surface area (Å²) in [6.07, 6.45) is 3.46. The van der Waals surface area contributed by atoms with Gasteiger partial charge in [0.15, 0.2) is 5.82 Å². The minimum absolute atomic E-state index is 0.464. The van der Waals surface area contributed by atoms with Crippen LogP contribution >= 0.6 is 22.9 Å². The van der Waals surface area contributed by atoms with Gasteiger partial charge in [-0.15, -0.1) is 11.3 Å². The molecule has 0 aliphatic rings. The van der Waals surface area contributed by atoms with E-state index in [9.17, 15) is 0 Å². The average molecular weight is 226 g/mol. The molecule has 0 fully saturated rings. The van der Waals surface area contributed by atoms with Crippen molar-refractivity contribution >= 4 is 22.9 Å². The van der Waals surface area contributed by atoms with Gasteiger partial charge >= 0.3 is 0 Å². The number of aromatic nitrogens is 2. The second-order valence-electron chi connectivity index (χ2n) is 2.72. The minimum atomic E-state index is 0.464. The lowest BCUT2D eigenvalue weighted by Gasteiger charge is -1.97. The van der Waals surface area contributed by atoms with Crippen LogP contribution < -0.4 is 5.73 Å². The van der Waals surface area contributed by atoms with Crippen molar-refractivity contribution in [2.24, 2.45) is 5.73 Å². The van der Waals surface area contributed by atoms with Gasteiger partial charge in [-0.1, -0.05) is 11.6 Å². The van der Waals surface area contributed by atoms with Crippen LogP contribution in [0.4, 0.5) is 0 Å². The van der Waals surface area contributed by atoms with E-state index in [0.29, 0.717) is 12.4 Å². The maximum atomic E-state index is 5.81. The van der Waals surface area contributed by atoms with E-state index in [-0.39, 0.29) is 0 Å². The van der Waals surface area contributed by atoms with Gasteiger partial charge < -0.3 is 5.73 Å². The van der Waals surface area contributed by atoms with Crippen LogP contribution in [0.5, 0.6) is 0 Å². The summed E-state index contributed by atoms with van der Waals surface area (Å²) in [6.45, 7) is 0.464. The zero-order chi connectivity index (χ0) is 9.97. The van der Waals surface area contributed by atoms with E-state index in [1.807, 2.05) is 12.1 Å². The Hall–Kier alpha value is -0.970. The molecule has 0 aliphatic carbocycles. The molecule has 0 bridgehead atoms. The lowest BCUT2D eigenvalue weighted by atomic mass is 10.3. The van der Waals surface area contributed by atoms with Crippen molar-refractivity contribution in [1.29, 1.82) is 0 Å². The van der Waals surface area contributed by atoms with E-state index in [0.717, 1.165) is 14.8 Å². The van der Waals surface area contributed by atoms with Crippen LogP contribution in [0.15, 0.2) is 24.5 Å². The molecule has 0 aromatic carbocycles. The zero-order valence-corrected chi connectivity index (χ0v) is 8.85. The summed E-state index contributed by atoms with van der Waals surface area (Å²) in [5.41, 5.74) is 6.37. The number of thiophene rings is 1. The van der Waals surface area contributed by atoms with Gasteiger partial charge in [-0.2, -0.15) is 0 Å². The van der Waals surface area contributed by atoms with Crippen molar-refractivity contribution in [1.82, 2.24) is 9.97 Å². The van der Waals surface area contributed by atoms with E-state index < -0.39 is 0 Å². The molecule has 2 heterocycles. The van der Waals surface area contributed by atoms with Gasteiger partial charge in [0.1, 0.15) is 0 Å². The van der Waals surface area contributed by atoms with E-state index in [2.05, 4.69) is 9.97 Å². The molecule has 2 N–H and O–H groups in total. The van der Waals surface area contributed by atoms with E-state index in [1.165, 1.54) is 11.3 Å². The molecular formula is C9H8ClN3S. The van der Waals surface area contributed by atoms with E-state index >= 15 is 0 Å². The van der Waals surface area contributed by atoms with Gasteiger partial charge in [-0.3, -0.25) is 0 Å². The van der Waals surface area contributed by atoms with Crippen LogP contribution in [0, 0.1) is 0 Å². The van der Waals surface area contributed by atoms with Gasteiger partial charge in [0.2, 0.25) is 0 Å². The Morgan fingerprint density at radius 3 is 2.50 bits per heavy atom. The standard InChI is InChI=1S/C9H8ClN3S/c10-8-2-1-7(14-8)9-12-4-6(3-11)5-13-9/h1-2,4-5H,3,11H2. The highest BCUT2D eigenvalue weighted by Gasteiger charge is 2.03. The lowest BCUT2D eigenvalue weighted by molar-refractivity contribution is 1.01. The molecule has 0 aliphatic heterocycles. The monoisotopic (exact) mass is 225 g/mol. The molecule has 5 heteroatoms. The summed E-state index contributed by atoms with van der Waals surface area (Å²) < 4.78 is 0.742. The molecule has 2 aromatic rings. The fraction of sp³-hybridized carbons (Fsp3) is 0.111. The molecular weight excluding hydrogens is 218 g/mol. The van der Waals surface area contributed by atoms with E-state index in [1.54, 1.807) is 12.4 Å². The predicted octanol–water partition coefficient (Wildman–Crippen LogP) is 2.32. The molecule has 0 amide bonds. The highest BCUT2D eigenvalue weighted by Crippen LogP contribution is 2.28. The van der Waals surface area contributed by atoms with Crippen molar-refractivity contribution in [2.45, 2.75) is 6.54 Å². The highest BCUT2D eigenvalue weighted by molar-refractivity contribution is 7.19. The Bertz CT molecular complexity index is 424. The first-order valence-electron chi connectivity index (χ1n) is 4.06. The molecule has 72 valence electrons. The quantitative estimate of drug-likeness (QED) is 0.854. The highest BCUT2D eigenvalue weighted by atomic mass is 35.5. The van der Waals surface area contributed by atoms with Crippen LogP contribution in [0.25, 0.3) is 10.7 Å². The summed E-state index contributed by atoms with van der Waals surface area (Å²) in [6, 6.07) is 3.74. The summed E-state index contributed by atoms with van der Waals surface area (Å²) in [5, 5.41) is 0. The molecule has 0 saturated carbocycles. The normalized spacial score (nSPS) is 10.4. The third-order valence-corrected chi connectivity index (χ3v) is 2.96. The third kappa shape index (κ3) is 1.92. The number of halogens is 1. The van der Waals surface area contributed by atoms with Gasteiger partial charge in [-0.05, 0) is 12.1 Å². The summed E-state index contributed by atoms with van der Waals surface area (Å²) in [7, 11) is 0. The number of rotatable bonds is 2. The molecule has 14 heavy (non-hydrogen) atoms. The first-order chi connectivity index (χ1) is 6.79. The minimum Gasteiger partial charge on any atom is -0.326 e. The number of hydrogen-bond donors (Lipinski definition) is 1. The Balaban J connectivity index is 2.33. The molecule has 0 spiro atoms. The third-order valence-electron chi connectivity index (χ3n) is 1.73. The van der Waals surface area contributed by atoms with Gasteiger partial charge in [-0.25, -0.2) is 9.97 Å². The van der Waals surface area contributed by atoms with Gasteiger partial charge in [0.25, 0.3) is 0 Å². The summed E-state index contributed by atoms with van der Waals surface area (Å²) >= 11 is 7.28. The summed E-state index contributed by atoms with van der Waals surface area (Å²) in [4.78, 5) is 9.36. The average Bonchev–Trinajstić information content (AvgIpc) is 2.65. The topological polar surface area (TPSA) is 51.8 Å². The zero-order valence-electron chi connectivity index (χ0n) is 7.27. The maximum absolute atomic E-state index is 5.81. The Kier molecular flexibility index (Phi) is 2.77. The number of nitrogens with zero attached hydrogens (tertiary/aromatic N) is 2. The SMILES string of the molecule is NCc1cnc(-c2ccc(Cl)s2)nc1. The second kappa shape index (κ2) is 4.04. The Labute approximate surface area is 90.6 Å². The largest absolute Gasteiger partial charge is 0.326 e. The number of nitrogens with two attached hydrogens (primary N) is 1. The van der Waals surface area contributed by atoms with Crippen LogP contribution in [-0.4, -0.2) is 9.97 Å². The molecule has 3 nitrogen and oxygen atoms in total. The smallest absolute Gasteiger partial charge is 0.169 e. The molecule has 0 unspecified atom stereocenters. The van der Waals surface area contributed by atoms with Crippen molar-refractivity contribution in [3.63, 3.8) is 0 Å². The first kappa shape index (κ1) is 9.58. The lowest BCUT2D eigenvalue weighted by Crippen LogP contribution is -1.98. The maximum Gasteiger partial charge on any atom is 0.169 e. The van der Waals surface area contributed by atoms with Crippen LogP contribution in [-0.2, 0) is 6.54 Å². The van der Waals surface area contributed by atoms with Crippen molar-refractivity contribution in [3.8, 4) is 10.7 Å². The van der Waals surface area contributed by atoms with Crippen molar-refractivity contribution in [2.75, 3.05) is 0 Å². The second-order valence-corrected chi connectivity index (χ2v) is 4.44. The van der Waals surface area contributed by atoms with Crippen LogP contribution in [0.1, 0.15) is 5.56 Å². The Morgan fingerprint density at radius 1 is 1.29 bits per heavy atom. The summed E-state index contributed by atoms with van der Waals surface area (Å²) in [5.74, 6) is 0.694. The van der Waals surface area contributed by atoms with Crippen LogP contribution in [0.2, 0.25) is 4.34 Å². The fourth-order valence-corrected chi connectivity index (χ4v) is 2.01. The van der Waals surface area contributed by atoms with Gasteiger partial charge in [0.05, 0.1) is 9.21 Å². The molecule has 0 saturated heterocycles. The molecule has 0 radical (unpaired) electrons. The van der Waals surface area contributed by atoms with Gasteiger partial charge in [0, 0.05) is 24.5 Å². The molecule has 0 atom stereocenters. The van der Waals surface area contributed by atoms with Crippen molar-refractivity contribution in [3.05, 3.63) is 34.4 Å². The van der Waals surface area contributed by atoms with E-state index in [4.69, 9.17) is 17.3 Å². The first-order valence-corrected chi connectivity index (χ1v) is 5.26. The molecule has 2 rings (SSSR count).